The number of hydrogen-bond donors (Lipinski definition) is 1. The number of rotatable bonds is 4. The maximum absolute atomic E-state index is 13.1. The maximum atomic E-state index is 13.1. The summed E-state index contributed by atoms with van der Waals surface area (Å²) < 4.78 is 5.41. The number of aliphatic hydroxyl groups is 1. The predicted molar refractivity (Wildman–Crippen MR) is 120 cm³/mol. The van der Waals surface area contributed by atoms with E-state index in [1.54, 1.807) is 42.5 Å². The van der Waals surface area contributed by atoms with Gasteiger partial charge in [-0.05, 0) is 5.56 Å². The number of nitrogens with zero attached hydrogens (tertiary/aromatic N) is 3. The Bertz CT molecular complexity index is 1290. The average molecular weight is 447 g/mol. The second-order valence-electron chi connectivity index (χ2n) is 8.69. The molecule has 1 unspecified atom stereocenters. The van der Waals surface area contributed by atoms with Gasteiger partial charge in [0.15, 0.2) is 5.82 Å². The fourth-order valence-electron chi connectivity index (χ4n) is 3.68. The van der Waals surface area contributed by atoms with Crippen molar-refractivity contribution in [1.29, 1.82) is 0 Å². The van der Waals surface area contributed by atoms with Gasteiger partial charge in [-0.1, -0.05) is 68.4 Å². The van der Waals surface area contributed by atoms with Crippen LogP contribution in [0.1, 0.15) is 43.7 Å². The van der Waals surface area contributed by atoms with Crippen LogP contribution in [0.5, 0.6) is 0 Å². The molecular formula is C24H21N3O6. The molecule has 1 amide bonds. The van der Waals surface area contributed by atoms with Gasteiger partial charge < -0.3 is 9.63 Å². The van der Waals surface area contributed by atoms with Crippen molar-refractivity contribution in [1.82, 2.24) is 5.16 Å². The number of ketones is 1. The third-order valence-corrected chi connectivity index (χ3v) is 5.37. The first kappa shape index (κ1) is 21.9. The first-order chi connectivity index (χ1) is 15.6. The van der Waals surface area contributed by atoms with Crippen molar-refractivity contribution in [2.45, 2.75) is 32.2 Å². The lowest BCUT2D eigenvalue weighted by molar-refractivity contribution is -0.384. The fraction of sp³-hybridized carbons (Fsp3) is 0.208. The summed E-state index contributed by atoms with van der Waals surface area (Å²) in [7, 11) is 0. The number of aliphatic hydroxyl groups excluding tert-OH is 1. The second-order valence-corrected chi connectivity index (χ2v) is 8.69. The van der Waals surface area contributed by atoms with E-state index in [1.807, 2.05) is 20.8 Å². The SMILES string of the molecule is CC(C)(C)c1cc(N2C(=O)C(=O)/C(=C(/O)c3ccccc3)C2c2cccc([N+](=O)[O-])c2)no1. The average Bonchev–Trinajstić information content (AvgIpc) is 3.37. The van der Waals surface area contributed by atoms with Crippen LogP contribution in [0.3, 0.4) is 0 Å². The van der Waals surface area contributed by atoms with Gasteiger partial charge in [-0.25, -0.2) is 0 Å². The number of aromatic nitrogens is 1. The first-order valence-corrected chi connectivity index (χ1v) is 10.2. The summed E-state index contributed by atoms with van der Waals surface area (Å²) in [6.45, 7) is 5.70. The molecule has 33 heavy (non-hydrogen) atoms. The van der Waals surface area contributed by atoms with E-state index in [2.05, 4.69) is 5.16 Å². The monoisotopic (exact) mass is 447 g/mol. The third kappa shape index (κ3) is 3.89. The summed E-state index contributed by atoms with van der Waals surface area (Å²) in [6, 6.07) is 14.3. The molecule has 4 rings (SSSR count). The van der Waals surface area contributed by atoms with Crippen LogP contribution in [0.25, 0.3) is 5.76 Å². The predicted octanol–water partition coefficient (Wildman–Crippen LogP) is 4.51. The van der Waals surface area contributed by atoms with E-state index in [0.717, 1.165) is 4.90 Å². The van der Waals surface area contributed by atoms with Gasteiger partial charge in [0.25, 0.3) is 11.5 Å². The first-order valence-electron chi connectivity index (χ1n) is 10.2. The second kappa shape index (κ2) is 8.01. The number of amides is 1. The number of anilines is 1. The molecule has 3 aromatic rings. The van der Waals surface area contributed by atoms with Crippen LogP contribution in [0.2, 0.25) is 0 Å². The zero-order chi connectivity index (χ0) is 23.9. The number of non-ortho nitro benzene ring substituents is 1. The Kier molecular flexibility index (Phi) is 5.33. The quantitative estimate of drug-likeness (QED) is 0.205. The van der Waals surface area contributed by atoms with E-state index in [0.29, 0.717) is 11.3 Å². The molecule has 0 bridgehead atoms. The smallest absolute Gasteiger partial charge is 0.301 e. The number of hydrogen-bond acceptors (Lipinski definition) is 7. The number of carbonyl (C=O) groups excluding carboxylic acids is 2. The largest absolute Gasteiger partial charge is 0.507 e. The molecule has 168 valence electrons. The Morgan fingerprint density at radius 1 is 1.09 bits per heavy atom. The van der Waals surface area contributed by atoms with Gasteiger partial charge in [0.2, 0.25) is 0 Å². The minimum atomic E-state index is -1.14. The number of nitro groups is 1. The summed E-state index contributed by atoms with van der Waals surface area (Å²) in [5.74, 6) is -1.66. The van der Waals surface area contributed by atoms with Crippen molar-refractivity contribution >= 4 is 29.0 Å². The van der Waals surface area contributed by atoms with Crippen LogP contribution in [0.4, 0.5) is 11.5 Å². The molecule has 9 nitrogen and oxygen atoms in total. The minimum absolute atomic E-state index is 0.0747. The van der Waals surface area contributed by atoms with Crippen LogP contribution >= 0.6 is 0 Å². The molecule has 1 fully saturated rings. The van der Waals surface area contributed by atoms with Crippen molar-refractivity contribution < 1.29 is 24.1 Å². The van der Waals surface area contributed by atoms with Crippen molar-refractivity contribution in [2.75, 3.05) is 4.90 Å². The standard InChI is InChI=1S/C24H21N3O6/c1-24(2,3)17-13-18(25-33-17)26-20(15-10-7-11-16(12-15)27(31)32)19(22(29)23(26)30)21(28)14-8-5-4-6-9-14/h4-13,20,28H,1-3H3/b21-19+. The zero-order valence-electron chi connectivity index (χ0n) is 18.2. The maximum Gasteiger partial charge on any atom is 0.301 e. The van der Waals surface area contributed by atoms with Crippen molar-refractivity contribution in [2.24, 2.45) is 0 Å². The van der Waals surface area contributed by atoms with Crippen LogP contribution < -0.4 is 4.90 Å². The zero-order valence-corrected chi connectivity index (χ0v) is 18.2. The molecule has 2 heterocycles. The Morgan fingerprint density at radius 3 is 2.39 bits per heavy atom. The van der Waals surface area contributed by atoms with Gasteiger partial charge in [0.1, 0.15) is 11.5 Å². The Labute approximate surface area is 189 Å². The van der Waals surface area contributed by atoms with E-state index in [1.165, 1.54) is 18.2 Å². The van der Waals surface area contributed by atoms with Crippen LogP contribution in [-0.4, -0.2) is 26.9 Å². The van der Waals surface area contributed by atoms with Crippen LogP contribution in [0, 0.1) is 10.1 Å². The topological polar surface area (TPSA) is 127 Å². The molecule has 0 saturated carbocycles. The molecule has 9 heteroatoms. The molecule has 0 spiro atoms. The lowest BCUT2D eigenvalue weighted by Gasteiger charge is -2.22. The summed E-state index contributed by atoms with van der Waals surface area (Å²) >= 11 is 0. The molecule has 2 aromatic carbocycles. The summed E-state index contributed by atoms with van der Waals surface area (Å²) in [4.78, 5) is 38.1. The highest BCUT2D eigenvalue weighted by molar-refractivity contribution is 6.51. The minimum Gasteiger partial charge on any atom is -0.507 e. The summed E-state index contributed by atoms with van der Waals surface area (Å²) in [5, 5.41) is 26.4. The van der Waals surface area contributed by atoms with E-state index in [9.17, 15) is 24.8 Å². The van der Waals surface area contributed by atoms with Gasteiger partial charge in [-0.2, -0.15) is 0 Å². The van der Waals surface area contributed by atoms with E-state index >= 15 is 0 Å². The molecule has 1 atom stereocenters. The van der Waals surface area contributed by atoms with Gasteiger partial charge in [0.05, 0.1) is 16.5 Å². The Hall–Kier alpha value is -4.27. The molecule has 1 saturated heterocycles. The normalized spacial score (nSPS) is 18.0. The lowest BCUT2D eigenvalue weighted by atomic mass is 9.93. The van der Waals surface area contributed by atoms with Gasteiger partial charge >= 0.3 is 5.91 Å². The number of carbonyl (C=O) groups is 2. The Morgan fingerprint density at radius 2 is 1.79 bits per heavy atom. The molecular weight excluding hydrogens is 426 g/mol. The molecule has 1 aliphatic heterocycles. The molecule has 0 radical (unpaired) electrons. The van der Waals surface area contributed by atoms with Crippen molar-refractivity contribution in [3.8, 4) is 0 Å². The van der Waals surface area contributed by atoms with Crippen LogP contribution in [0.15, 0.2) is 70.8 Å². The molecule has 0 aliphatic carbocycles. The summed E-state index contributed by atoms with van der Waals surface area (Å²) in [5.41, 5.74) is -0.202. The Balaban J connectivity index is 1.95. The highest BCUT2D eigenvalue weighted by Gasteiger charge is 2.48. The fourth-order valence-corrected chi connectivity index (χ4v) is 3.68. The van der Waals surface area contributed by atoms with Crippen molar-refractivity contribution in [3.63, 3.8) is 0 Å². The molecule has 1 aliphatic rings. The lowest BCUT2D eigenvalue weighted by Crippen LogP contribution is -2.29. The highest BCUT2D eigenvalue weighted by atomic mass is 16.6. The van der Waals surface area contributed by atoms with E-state index in [-0.39, 0.29) is 28.4 Å². The number of benzene rings is 2. The number of Topliss-reactive ketones (excluding diaryl/α,β-unsaturated/α-hetero) is 1. The molecule has 1 N–H and O–H groups in total. The summed E-state index contributed by atoms with van der Waals surface area (Å²) in [6.07, 6.45) is 0. The van der Waals surface area contributed by atoms with Gasteiger partial charge in [0, 0.05) is 29.2 Å². The third-order valence-electron chi connectivity index (χ3n) is 5.37. The van der Waals surface area contributed by atoms with E-state index in [4.69, 9.17) is 4.52 Å². The molecule has 1 aromatic heterocycles. The van der Waals surface area contributed by atoms with E-state index < -0.39 is 28.1 Å². The highest BCUT2D eigenvalue weighted by Crippen LogP contribution is 2.43. The van der Waals surface area contributed by atoms with Gasteiger partial charge in [-0.15, -0.1) is 0 Å². The van der Waals surface area contributed by atoms with Gasteiger partial charge in [-0.3, -0.25) is 24.6 Å². The van der Waals surface area contributed by atoms with Crippen molar-refractivity contribution in [3.05, 3.63) is 93.2 Å². The van der Waals surface area contributed by atoms with Crippen LogP contribution in [-0.2, 0) is 15.0 Å². The number of nitro benzene ring substituents is 1.